The quantitative estimate of drug-likeness (QED) is 0.717. The molecule has 1 saturated heterocycles. The Morgan fingerprint density at radius 2 is 2.33 bits per heavy atom. The van der Waals surface area contributed by atoms with Gasteiger partial charge in [-0.1, -0.05) is 6.07 Å². The molecule has 1 fully saturated rings. The Morgan fingerprint density at radius 3 is 3.00 bits per heavy atom. The van der Waals surface area contributed by atoms with Gasteiger partial charge in [-0.15, -0.1) is 0 Å². The van der Waals surface area contributed by atoms with Crippen LogP contribution in [0.3, 0.4) is 0 Å². The number of thioether (sulfide) groups is 1. The van der Waals surface area contributed by atoms with Gasteiger partial charge in [-0.05, 0) is 43.2 Å². The van der Waals surface area contributed by atoms with Crippen LogP contribution < -0.4 is 0 Å². The number of rotatable bonds is 2. The van der Waals surface area contributed by atoms with Gasteiger partial charge in [-0.3, -0.25) is 4.79 Å². The second kappa shape index (κ2) is 4.35. The summed E-state index contributed by atoms with van der Waals surface area (Å²) in [5, 5.41) is 0.0468. The monoisotopic (exact) mass is 224 g/mol. The zero-order valence-electron chi connectivity index (χ0n) is 8.63. The number of hydrogen-bond donors (Lipinski definition) is 0. The molecule has 1 unspecified atom stereocenters. The molecule has 1 atom stereocenters. The first-order chi connectivity index (χ1) is 7.18. The smallest absolute Gasteiger partial charge is 0.176 e. The number of carbonyl (C=O) groups is 1. The Hall–Kier alpha value is -0.830. The molecule has 1 aliphatic rings. The third-order valence-electron chi connectivity index (χ3n) is 2.69. The highest BCUT2D eigenvalue weighted by atomic mass is 32.2. The lowest BCUT2D eigenvalue weighted by molar-refractivity contribution is 0.0987. The van der Waals surface area contributed by atoms with E-state index in [4.69, 9.17) is 0 Å². The van der Waals surface area contributed by atoms with Crippen molar-refractivity contribution < 1.29 is 9.18 Å². The number of aryl methyl sites for hydroxylation is 1. The van der Waals surface area contributed by atoms with Gasteiger partial charge >= 0.3 is 0 Å². The Bertz CT molecular complexity index is 383. The molecule has 2 rings (SSSR count). The first kappa shape index (κ1) is 10.7. The molecule has 1 aliphatic heterocycles. The molecule has 1 aromatic carbocycles. The second-order valence-corrected chi connectivity index (χ2v) is 5.14. The number of Topliss-reactive ketones (excluding diaryl/α,β-unsaturated/α-hetero) is 1. The fraction of sp³-hybridized carbons (Fsp3) is 0.417. The van der Waals surface area contributed by atoms with Gasteiger partial charge in [0.1, 0.15) is 5.82 Å². The highest BCUT2D eigenvalue weighted by Crippen LogP contribution is 2.29. The van der Waals surface area contributed by atoms with Crippen molar-refractivity contribution in [2.24, 2.45) is 0 Å². The minimum Gasteiger partial charge on any atom is -0.293 e. The summed E-state index contributed by atoms with van der Waals surface area (Å²) < 4.78 is 13.0. The molecule has 15 heavy (non-hydrogen) atoms. The van der Waals surface area contributed by atoms with Gasteiger partial charge in [0.05, 0.1) is 5.25 Å². The summed E-state index contributed by atoms with van der Waals surface area (Å²) in [7, 11) is 0. The van der Waals surface area contributed by atoms with Crippen LogP contribution in [0.5, 0.6) is 0 Å². The maximum atomic E-state index is 13.0. The molecule has 1 nitrogen and oxygen atoms in total. The van der Waals surface area contributed by atoms with Crippen molar-refractivity contribution in [2.75, 3.05) is 5.75 Å². The van der Waals surface area contributed by atoms with E-state index in [-0.39, 0.29) is 16.9 Å². The minimum absolute atomic E-state index is 0.0468. The molecule has 3 heteroatoms. The first-order valence-electron chi connectivity index (χ1n) is 5.10. The number of carbonyl (C=O) groups excluding carboxylic acids is 1. The molecule has 0 aliphatic carbocycles. The lowest BCUT2D eigenvalue weighted by atomic mass is 10.0. The van der Waals surface area contributed by atoms with E-state index < -0.39 is 0 Å². The molecule has 0 aromatic heterocycles. The largest absolute Gasteiger partial charge is 0.293 e. The van der Waals surface area contributed by atoms with Gasteiger partial charge < -0.3 is 0 Å². The van der Waals surface area contributed by atoms with Gasteiger partial charge in [0, 0.05) is 5.56 Å². The number of ketones is 1. The molecule has 1 heterocycles. The molecule has 1 aromatic rings. The average Bonchev–Trinajstić information content (AvgIpc) is 2.74. The number of halogens is 1. The molecule has 80 valence electrons. The standard InChI is InChI=1S/C12H13FOS/c1-8-4-5-9(13)7-10(8)12(14)11-3-2-6-15-11/h4-5,7,11H,2-3,6H2,1H3. The van der Waals surface area contributed by atoms with Crippen LogP contribution in [-0.4, -0.2) is 16.8 Å². The maximum Gasteiger partial charge on any atom is 0.176 e. The molecule has 0 radical (unpaired) electrons. The summed E-state index contributed by atoms with van der Waals surface area (Å²) >= 11 is 1.69. The molecular weight excluding hydrogens is 211 g/mol. The molecule has 0 N–H and O–H groups in total. The fourth-order valence-corrected chi connectivity index (χ4v) is 3.05. The van der Waals surface area contributed by atoms with E-state index in [1.54, 1.807) is 17.8 Å². The Balaban J connectivity index is 2.27. The van der Waals surface area contributed by atoms with Crippen molar-refractivity contribution >= 4 is 17.5 Å². The van der Waals surface area contributed by atoms with Crippen LogP contribution in [0.25, 0.3) is 0 Å². The number of hydrogen-bond acceptors (Lipinski definition) is 2. The third kappa shape index (κ3) is 2.23. The van der Waals surface area contributed by atoms with Crippen molar-refractivity contribution in [1.29, 1.82) is 0 Å². The fourth-order valence-electron chi connectivity index (χ4n) is 1.82. The Morgan fingerprint density at radius 1 is 1.53 bits per heavy atom. The summed E-state index contributed by atoms with van der Waals surface area (Å²) in [6.07, 6.45) is 2.02. The van der Waals surface area contributed by atoms with Gasteiger partial charge in [-0.2, -0.15) is 11.8 Å². The average molecular weight is 224 g/mol. The summed E-state index contributed by atoms with van der Waals surface area (Å²) in [5.74, 6) is 0.812. The van der Waals surface area contributed by atoms with E-state index in [0.29, 0.717) is 5.56 Å². The summed E-state index contributed by atoms with van der Waals surface area (Å²) in [5.41, 5.74) is 1.42. The van der Waals surface area contributed by atoms with Gasteiger partial charge in [-0.25, -0.2) is 4.39 Å². The molecule has 0 spiro atoms. The van der Waals surface area contributed by atoms with E-state index in [9.17, 15) is 9.18 Å². The Kier molecular flexibility index (Phi) is 3.10. The van der Waals surface area contributed by atoms with Crippen LogP contribution in [0.2, 0.25) is 0 Å². The summed E-state index contributed by atoms with van der Waals surface area (Å²) in [6, 6.07) is 4.42. The SMILES string of the molecule is Cc1ccc(F)cc1C(=O)C1CCCS1. The van der Waals surface area contributed by atoms with Crippen molar-refractivity contribution in [3.63, 3.8) is 0 Å². The van der Waals surface area contributed by atoms with E-state index in [1.807, 2.05) is 6.92 Å². The van der Waals surface area contributed by atoms with Crippen molar-refractivity contribution in [3.8, 4) is 0 Å². The normalized spacial score (nSPS) is 20.5. The lowest BCUT2D eigenvalue weighted by Crippen LogP contribution is -2.15. The highest BCUT2D eigenvalue weighted by molar-refractivity contribution is 8.00. The first-order valence-corrected chi connectivity index (χ1v) is 6.15. The van der Waals surface area contributed by atoms with Crippen LogP contribution in [0.15, 0.2) is 18.2 Å². The van der Waals surface area contributed by atoms with Crippen molar-refractivity contribution in [1.82, 2.24) is 0 Å². The van der Waals surface area contributed by atoms with Crippen LogP contribution in [0.4, 0.5) is 4.39 Å². The van der Waals surface area contributed by atoms with E-state index >= 15 is 0 Å². The molecule has 0 amide bonds. The van der Waals surface area contributed by atoms with Crippen molar-refractivity contribution in [2.45, 2.75) is 25.0 Å². The molecular formula is C12H13FOS. The van der Waals surface area contributed by atoms with E-state index in [1.165, 1.54) is 12.1 Å². The lowest BCUT2D eigenvalue weighted by Gasteiger charge is -2.09. The predicted octanol–water partition coefficient (Wildman–Crippen LogP) is 3.21. The van der Waals surface area contributed by atoms with Crippen LogP contribution in [0, 0.1) is 12.7 Å². The van der Waals surface area contributed by atoms with Gasteiger partial charge in [0.15, 0.2) is 5.78 Å². The minimum atomic E-state index is -0.327. The highest BCUT2D eigenvalue weighted by Gasteiger charge is 2.25. The molecule has 0 bridgehead atoms. The number of benzene rings is 1. The van der Waals surface area contributed by atoms with E-state index in [0.717, 1.165) is 24.2 Å². The van der Waals surface area contributed by atoms with Crippen LogP contribution in [-0.2, 0) is 0 Å². The molecule has 0 saturated carbocycles. The maximum absolute atomic E-state index is 13.0. The predicted molar refractivity (Wildman–Crippen MR) is 60.9 cm³/mol. The summed E-state index contributed by atoms with van der Waals surface area (Å²) in [4.78, 5) is 12.0. The Labute approximate surface area is 93.1 Å². The van der Waals surface area contributed by atoms with E-state index in [2.05, 4.69) is 0 Å². The zero-order chi connectivity index (χ0) is 10.8. The van der Waals surface area contributed by atoms with Crippen LogP contribution in [0.1, 0.15) is 28.8 Å². The summed E-state index contributed by atoms with van der Waals surface area (Å²) in [6.45, 7) is 1.85. The topological polar surface area (TPSA) is 17.1 Å². The van der Waals surface area contributed by atoms with Crippen molar-refractivity contribution in [3.05, 3.63) is 35.1 Å². The zero-order valence-corrected chi connectivity index (χ0v) is 9.44. The van der Waals surface area contributed by atoms with Crippen LogP contribution >= 0.6 is 11.8 Å². The second-order valence-electron chi connectivity index (χ2n) is 3.83. The third-order valence-corrected chi connectivity index (χ3v) is 4.06. The van der Waals surface area contributed by atoms with Gasteiger partial charge in [0.25, 0.3) is 0 Å². The van der Waals surface area contributed by atoms with Gasteiger partial charge in [0.2, 0.25) is 0 Å².